The molecule has 0 saturated carbocycles. The van der Waals surface area contributed by atoms with Gasteiger partial charge in [-0.1, -0.05) is 11.6 Å². The summed E-state index contributed by atoms with van der Waals surface area (Å²) in [5.74, 6) is -2.45. The quantitative estimate of drug-likeness (QED) is 0.709. The predicted octanol–water partition coefficient (Wildman–Crippen LogP) is 0.921. The highest BCUT2D eigenvalue weighted by atomic mass is 35.5. The molecule has 1 saturated heterocycles. The Hall–Kier alpha value is -1.92. The van der Waals surface area contributed by atoms with E-state index in [1.807, 2.05) is 0 Å². The van der Waals surface area contributed by atoms with E-state index in [0.29, 0.717) is 23.6 Å². The molecule has 21 heavy (non-hydrogen) atoms. The molecule has 0 spiro atoms. The number of carbonyl (C=O) groups is 3. The first-order valence-electron chi connectivity index (χ1n) is 6.69. The van der Waals surface area contributed by atoms with Crippen molar-refractivity contribution in [2.45, 2.75) is 12.8 Å². The molecule has 0 aromatic heterocycles. The van der Waals surface area contributed by atoms with Gasteiger partial charge in [0.1, 0.15) is 0 Å². The van der Waals surface area contributed by atoms with E-state index in [2.05, 4.69) is 16.0 Å². The highest BCUT2D eigenvalue weighted by molar-refractivity contribution is 6.42. The van der Waals surface area contributed by atoms with Gasteiger partial charge in [0.2, 0.25) is 5.91 Å². The second kappa shape index (κ2) is 7.19. The monoisotopic (exact) mass is 309 g/mol. The lowest BCUT2D eigenvalue weighted by Gasteiger charge is -2.21. The van der Waals surface area contributed by atoms with Crippen LogP contribution < -0.4 is 16.0 Å². The largest absolute Gasteiger partial charge is 0.318 e. The maximum absolute atomic E-state index is 11.9. The van der Waals surface area contributed by atoms with Crippen LogP contribution >= 0.6 is 11.6 Å². The van der Waals surface area contributed by atoms with E-state index < -0.39 is 17.7 Å². The third kappa shape index (κ3) is 4.54. The third-order valence-corrected chi connectivity index (χ3v) is 3.51. The molecule has 0 unspecified atom stereocenters. The summed E-state index contributed by atoms with van der Waals surface area (Å²) >= 11 is 5.72. The Kier molecular flexibility index (Phi) is 5.30. The van der Waals surface area contributed by atoms with Gasteiger partial charge in [-0.2, -0.15) is 0 Å². The van der Waals surface area contributed by atoms with Crippen molar-refractivity contribution in [1.29, 1.82) is 0 Å². The van der Waals surface area contributed by atoms with Crippen molar-refractivity contribution in [1.82, 2.24) is 10.6 Å². The first-order chi connectivity index (χ1) is 10.1. The zero-order chi connectivity index (χ0) is 15.2. The van der Waals surface area contributed by atoms with Gasteiger partial charge in [-0.05, 0) is 50.2 Å². The van der Waals surface area contributed by atoms with Gasteiger partial charge >= 0.3 is 11.8 Å². The van der Waals surface area contributed by atoms with Crippen LogP contribution in [0.4, 0.5) is 5.69 Å². The lowest BCUT2D eigenvalue weighted by atomic mass is 9.97. The zero-order valence-electron chi connectivity index (χ0n) is 11.3. The van der Waals surface area contributed by atoms with Gasteiger partial charge in [0.15, 0.2) is 0 Å². The first kappa shape index (κ1) is 15.5. The van der Waals surface area contributed by atoms with Crippen LogP contribution in [0.1, 0.15) is 12.8 Å². The summed E-state index contributed by atoms with van der Waals surface area (Å²) in [6.45, 7) is 1.48. The number of halogens is 1. The molecule has 0 radical (unpaired) electrons. The number of hydrogen-bond donors (Lipinski definition) is 3. The summed E-state index contributed by atoms with van der Waals surface area (Å²) in [4.78, 5) is 35.2. The molecular weight excluding hydrogens is 294 g/mol. The molecule has 3 N–H and O–H groups in total. The van der Waals surface area contributed by atoms with E-state index in [1.165, 1.54) is 0 Å². The van der Waals surface area contributed by atoms with Crippen LogP contribution in [0.15, 0.2) is 24.3 Å². The fraction of sp³-hybridized carbons (Fsp3) is 0.357. The topological polar surface area (TPSA) is 87.3 Å². The maximum atomic E-state index is 11.9. The fourth-order valence-corrected chi connectivity index (χ4v) is 2.20. The molecular formula is C14H16ClN3O3. The Bertz CT molecular complexity index is 539. The molecule has 1 aromatic carbocycles. The van der Waals surface area contributed by atoms with E-state index in [9.17, 15) is 14.4 Å². The minimum atomic E-state index is -0.950. The SMILES string of the molecule is O=C(NC(=O)C1CCNCC1)C(=O)Nc1ccc(Cl)cc1. The maximum Gasteiger partial charge on any atom is 0.316 e. The lowest BCUT2D eigenvalue weighted by molar-refractivity contribution is -0.141. The number of anilines is 1. The second-order valence-corrected chi connectivity index (χ2v) is 5.24. The summed E-state index contributed by atoms with van der Waals surface area (Å²) in [6, 6.07) is 6.33. The number of rotatable bonds is 2. The van der Waals surface area contributed by atoms with E-state index in [1.54, 1.807) is 24.3 Å². The lowest BCUT2D eigenvalue weighted by Crippen LogP contribution is -2.44. The summed E-state index contributed by atoms with van der Waals surface area (Å²) in [6.07, 6.45) is 1.33. The highest BCUT2D eigenvalue weighted by Gasteiger charge is 2.24. The summed E-state index contributed by atoms with van der Waals surface area (Å²) in [7, 11) is 0. The van der Waals surface area contributed by atoms with Gasteiger partial charge in [0.25, 0.3) is 0 Å². The number of carbonyl (C=O) groups excluding carboxylic acids is 3. The third-order valence-electron chi connectivity index (χ3n) is 3.25. The molecule has 7 heteroatoms. The van der Waals surface area contributed by atoms with Crippen molar-refractivity contribution in [2.75, 3.05) is 18.4 Å². The van der Waals surface area contributed by atoms with E-state index in [-0.39, 0.29) is 5.92 Å². The van der Waals surface area contributed by atoms with Crippen LogP contribution in [0, 0.1) is 5.92 Å². The first-order valence-corrected chi connectivity index (χ1v) is 7.06. The van der Waals surface area contributed by atoms with Crippen molar-refractivity contribution in [3.8, 4) is 0 Å². The van der Waals surface area contributed by atoms with Gasteiger partial charge < -0.3 is 10.6 Å². The number of benzene rings is 1. The molecule has 1 aliphatic heterocycles. The molecule has 112 valence electrons. The molecule has 1 aliphatic rings. The van der Waals surface area contributed by atoms with E-state index in [4.69, 9.17) is 11.6 Å². The Morgan fingerprint density at radius 2 is 1.67 bits per heavy atom. The molecule has 1 fully saturated rings. The van der Waals surface area contributed by atoms with Crippen LogP contribution in [0.25, 0.3) is 0 Å². The van der Waals surface area contributed by atoms with Crippen LogP contribution in [0.5, 0.6) is 0 Å². The van der Waals surface area contributed by atoms with Crippen LogP contribution in [0.2, 0.25) is 5.02 Å². The van der Waals surface area contributed by atoms with Gasteiger partial charge in [0, 0.05) is 16.6 Å². The molecule has 1 aromatic rings. The van der Waals surface area contributed by atoms with Gasteiger partial charge in [-0.25, -0.2) is 0 Å². The van der Waals surface area contributed by atoms with Crippen molar-refractivity contribution >= 4 is 35.0 Å². The average Bonchev–Trinajstić information content (AvgIpc) is 2.50. The second-order valence-electron chi connectivity index (χ2n) is 4.80. The van der Waals surface area contributed by atoms with Crippen LogP contribution in [-0.4, -0.2) is 30.8 Å². The fourth-order valence-electron chi connectivity index (χ4n) is 2.08. The minimum absolute atomic E-state index is 0.224. The standard InChI is InChI=1S/C14H16ClN3O3/c15-10-1-3-11(4-2-10)17-13(20)14(21)18-12(19)9-5-7-16-8-6-9/h1-4,9,16H,5-8H2,(H,17,20)(H,18,19,21). The number of hydrogen-bond acceptors (Lipinski definition) is 4. The molecule has 3 amide bonds. The molecule has 0 atom stereocenters. The normalized spacial score (nSPS) is 15.3. The minimum Gasteiger partial charge on any atom is -0.318 e. The Morgan fingerprint density at radius 3 is 2.29 bits per heavy atom. The summed E-state index contributed by atoms with van der Waals surface area (Å²) in [5, 5.41) is 8.19. The number of nitrogens with one attached hydrogen (secondary N) is 3. The average molecular weight is 310 g/mol. The molecule has 2 rings (SSSR count). The van der Waals surface area contributed by atoms with Gasteiger partial charge in [0.05, 0.1) is 0 Å². The molecule has 1 heterocycles. The van der Waals surface area contributed by atoms with Gasteiger partial charge in [-0.15, -0.1) is 0 Å². The van der Waals surface area contributed by atoms with Crippen LogP contribution in [-0.2, 0) is 14.4 Å². The summed E-state index contributed by atoms with van der Waals surface area (Å²) < 4.78 is 0. The van der Waals surface area contributed by atoms with Crippen molar-refractivity contribution in [3.63, 3.8) is 0 Å². The number of piperidine rings is 1. The highest BCUT2D eigenvalue weighted by Crippen LogP contribution is 2.13. The molecule has 0 bridgehead atoms. The number of amides is 3. The number of imide groups is 1. The summed E-state index contributed by atoms with van der Waals surface area (Å²) in [5.41, 5.74) is 0.439. The van der Waals surface area contributed by atoms with E-state index in [0.717, 1.165) is 13.1 Å². The Labute approximate surface area is 127 Å². The van der Waals surface area contributed by atoms with Crippen molar-refractivity contribution < 1.29 is 14.4 Å². The van der Waals surface area contributed by atoms with Crippen molar-refractivity contribution in [2.24, 2.45) is 5.92 Å². The van der Waals surface area contributed by atoms with Gasteiger partial charge in [-0.3, -0.25) is 19.7 Å². The van der Waals surface area contributed by atoms with Crippen molar-refractivity contribution in [3.05, 3.63) is 29.3 Å². The predicted molar refractivity (Wildman–Crippen MR) is 78.8 cm³/mol. The Morgan fingerprint density at radius 1 is 1.05 bits per heavy atom. The molecule has 0 aliphatic carbocycles. The molecule has 6 nitrogen and oxygen atoms in total. The smallest absolute Gasteiger partial charge is 0.316 e. The van der Waals surface area contributed by atoms with Crippen LogP contribution in [0.3, 0.4) is 0 Å². The Balaban J connectivity index is 1.85. The van der Waals surface area contributed by atoms with E-state index >= 15 is 0 Å². The zero-order valence-corrected chi connectivity index (χ0v) is 12.1.